The number of piperazine rings is 1. The summed E-state index contributed by atoms with van der Waals surface area (Å²) in [5.74, 6) is 0.553. The molecule has 1 saturated heterocycles. The lowest BCUT2D eigenvalue weighted by Crippen LogP contribution is -2.57. The average Bonchev–Trinajstić information content (AvgIpc) is 3.38. The fourth-order valence-electron chi connectivity index (χ4n) is 4.42. The molecule has 29 heavy (non-hydrogen) atoms. The van der Waals surface area contributed by atoms with Crippen LogP contribution in [-0.2, 0) is 14.3 Å². The minimum absolute atomic E-state index is 0.191. The Balaban J connectivity index is 1.41. The first-order chi connectivity index (χ1) is 13.7. The number of hydrogen-bond donors (Lipinski definition) is 0. The van der Waals surface area contributed by atoms with Gasteiger partial charge in [-0.05, 0) is 25.5 Å². The molecule has 1 aromatic rings. The van der Waals surface area contributed by atoms with Gasteiger partial charge in [-0.25, -0.2) is 9.79 Å². The van der Waals surface area contributed by atoms with Crippen molar-refractivity contribution in [3.05, 3.63) is 30.3 Å². The van der Waals surface area contributed by atoms with Crippen LogP contribution in [0.3, 0.4) is 0 Å². The van der Waals surface area contributed by atoms with E-state index in [1.54, 1.807) is 7.11 Å². The predicted molar refractivity (Wildman–Crippen MR) is 114 cm³/mol. The highest BCUT2D eigenvalue weighted by atomic mass is 16.6. The lowest BCUT2D eigenvalue weighted by molar-refractivity contribution is -0.168. The number of nitrogens with zero attached hydrogens (tertiary/aromatic N) is 3. The first-order valence-corrected chi connectivity index (χ1v) is 10.6. The van der Waals surface area contributed by atoms with Gasteiger partial charge >= 0.3 is 5.97 Å². The van der Waals surface area contributed by atoms with Crippen molar-refractivity contribution >= 4 is 17.6 Å². The highest BCUT2D eigenvalue weighted by Gasteiger charge is 2.67. The van der Waals surface area contributed by atoms with E-state index in [9.17, 15) is 4.79 Å². The molecule has 158 valence electrons. The third-order valence-electron chi connectivity index (χ3n) is 7.03. The van der Waals surface area contributed by atoms with Crippen LogP contribution in [0.4, 0.5) is 5.69 Å². The van der Waals surface area contributed by atoms with Gasteiger partial charge in [-0.2, -0.15) is 0 Å². The number of aliphatic imine (C=N–C) groups is 1. The third-order valence-corrected chi connectivity index (χ3v) is 7.03. The summed E-state index contributed by atoms with van der Waals surface area (Å²) in [5.41, 5.74) is -0.593. The molecule has 1 spiro atoms. The summed E-state index contributed by atoms with van der Waals surface area (Å²) in [4.78, 5) is 22.7. The van der Waals surface area contributed by atoms with E-state index in [1.165, 1.54) is 5.69 Å². The summed E-state index contributed by atoms with van der Waals surface area (Å²) in [6, 6.07) is 10.5. The summed E-state index contributed by atoms with van der Waals surface area (Å²) in [7, 11) is 1.62. The van der Waals surface area contributed by atoms with Crippen LogP contribution in [0.15, 0.2) is 35.3 Å². The number of ether oxygens (including phenoxy) is 2. The average molecular weight is 400 g/mol. The number of benzene rings is 1. The molecule has 1 saturated carbocycles. The molecule has 3 aliphatic rings. The Morgan fingerprint density at radius 1 is 1.17 bits per heavy atom. The van der Waals surface area contributed by atoms with Crippen molar-refractivity contribution in [2.24, 2.45) is 16.3 Å². The first kappa shape index (κ1) is 20.2. The van der Waals surface area contributed by atoms with Gasteiger partial charge in [0.2, 0.25) is 5.90 Å². The molecular formula is C23H33N3O3. The molecule has 2 heterocycles. The van der Waals surface area contributed by atoms with Gasteiger partial charge in [0.15, 0.2) is 11.1 Å². The standard InChI is InChI=1S/C23H33N3O3/c1-21(2,3)22(4)19(28-5)24-23(20(27)29-22)15-17(23)16-25-11-13-26(14-12-25)18-9-7-6-8-10-18/h6-10,17H,11-16H2,1-5H3/t17-,22-,23-/m0/s1. The Kier molecular flexibility index (Phi) is 4.88. The molecule has 0 amide bonds. The molecule has 1 aromatic carbocycles. The highest BCUT2D eigenvalue weighted by molar-refractivity contribution is 5.98. The van der Waals surface area contributed by atoms with Gasteiger partial charge in [-0.1, -0.05) is 39.0 Å². The zero-order valence-electron chi connectivity index (χ0n) is 18.3. The smallest absolute Gasteiger partial charge is 0.335 e. The monoisotopic (exact) mass is 399 g/mol. The van der Waals surface area contributed by atoms with Crippen molar-refractivity contribution in [1.82, 2.24) is 4.90 Å². The quantitative estimate of drug-likeness (QED) is 0.732. The van der Waals surface area contributed by atoms with E-state index in [0.717, 1.165) is 39.1 Å². The molecule has 4 rings (SSSR count). The first-order valence-electron chi connectivity index (χ1n) is 10.6. The van der Waals surface area contributed by atoms with Crippen LogP contribution < -0.4 is 4.90 Å². The molecule has 6 heteroatoms. The van der Waals surface area contributed by atoms with E-state index < -0.39 is 11.1 Å². The number of rotatable bonds is 3. The molecule has 0 bridgehead atoms. The largest absolute Gasteiger partial charge is 0.481 e. The van der Waals surface area contributed by atoms with Crippen LogP contribution in [0.1, 0.15) is 34.1 Å². The van der Waals surface area contributed by atoms with Gasteiger partial charge in [0.05, 0.1) is 7.11 Å². The molecule has 1 aliphatic carbocycles. The second-order valence-electron chi connectivity index (χ2n) is 9.74. The maximum absolute atomic E-state index is 13.0. The van der Waals surface area contributed by atoms with Crippen LogP contribution in [-0.4, -0.2) is 67.7 Å². The lowest BCUT2D eigenvalue weighted by Gasteiger charge is -2.44. The second kappa shape index (κ2) is 7.01. The topological polar surface area (TPSA) is 54.4 Å². The Bertz CT molecular complexity index is 795. The fourth-order valence-corrected chi connectivity index (χ4v) is 4.42. The van der Waals surface area contributed by atoms with Crippen LogP contribution in [0.5, 0.6) is 0 Å². The Hall–Kier alpha value is -2.08. The van der Waals surface area contributed by atoms with Crippen LogP contribution >= 0.6 is 0 Å². The van der Waals surface area contributed by atoms with Crippen molar-refractivity contribution in [2.75, 3.05) is 44.7 Å². The van der Waals surface area contributed by atoms with Crippen molar-refractivity contribution in [2.45, 2.75) is 45.3 Å². The SMILES string of the molecule is COC1=N[C@]2(C[C@H]2CN2CCN(c3ccccc3)CC2)C(=O)O[C@]1(C)C(C)(C)C. The van der Waals surface area contributed by atoms with Gasteiger partial charge in [-0.15, -0.1) is 0 Å². The van der Waals surface area contributed by atoms with E-state index >= 15 is 0 Å². The number of cyclic esters (lactones) is 1. The molecule has 0 radical (unpaired) electrons. The van der Waals surface area contributed by atoms with Crippen molar-refractivity contribution < 1.29 is 14.3 Å². The van der Waals surface area contributed by atoms with Crippen LogP contribution in [0.2, 0.25) is 0 Å². The third kappa shape index (κ3) is 3.41. The molecule has 0 aromatic heterocycles. The van der Waals surface area contributed by atoms with E-state index in [-0.39, 0.29) is 17.3 Å². The summed E-state index contributed by atoms with van der Waals surface area (Å²) < 4.78 is 11.6. The second-order valence-corrected chi connectivity index (χ2v) is 9.74. The van der Waals surface area contributed by atoms with E-state index in [4.69, 9.17) is 14.5 Å². The number of esters is 1. The maximum Gasteiger partial charge on any atom is 0.335 e. The normalized spacial score (nSPS) is 32.7. The Morgan fingerprint density at radius 2 is 1.83 bits per heavy atom. The van der Waals surface area contributed by atoms with Gasteiger partial charge in [0, 0.05) is 49.7 Å². The fraction of sp³-hybridized carbons (Fsp3) is 0.652. The van der Waals surface area contributed by atoms with Crippen molar-refractivity contribution in [3.63, 3.8) is 0 Å². The highest BCUT2D eigenvalue weighted by Crippen LogP contribution is 2.53. The zero-order chi connectivity index (χ0) is 20.9. The van der Waals surface area contributed by atoms with Gasteiger partial charge < -0.3 is 14.4 Å². The van der Waals surface area contributed by atoms with Crippen molar-refractivity contribution in [1.29, 1.82) is 0 Å². The summed E-state index contributed by atoms with van der Waals surface area (Å²) in [5, 5.41) is 0. The summed E-state index contributed by atoms with van der Waals surface area (Å²) >= 11 is 0. The lowest BCUT2D eigenvalue weighted by atomic mass is 9.76. The zero-order valence-corrected chi connectivity index (χ0v) is 18.3. The van der Waals surface area contributed by atoms with Gasteiger partial charge in [-0.3, -0.25) is 4.90 Å². The number of carbonyl (C=O) groups excluding carboxylic acids is 1. The maximum atomic E-state index is 13.0. The molecular weight excluding hydrogens is 366 g/mol. The van der Waals surface area contributed by atoms with E-state index in [2.05, 4.69) is 40.1 Å². The molecule has 2 fully saturated rings. The Labute approximate surface area is 173 Å². The number of methoxy groups -OCH3 is 1. The summed E-state index contributed by atoms with van der Waals surface area (Å²) in [6.45, 7) is 12.9. The molecule has 0 unspecified atom stereocenters. The summed E-state index contributed by atoms with van der Waals surface area (Å²) in [6.07, 6.45) is 0.748. The van der Waals surface area contributed by atoms with Gasteiger partial charge in [0.25, 0.3) is 0 Å². The van der Waals surface area contributed by atoms with E-state index in [1.807, 2.05) is 27.7 Å². The minimum atomic E-state index is -0.835. The van der Waals surface area contributed by atoms with Crippen LogP contribution in [0, 0.1) is 11.3 Å². The van der Waals surface area contributed by atoms with Gasteiger partial charge in [0.1, 0.15) is 0 Å². The molecule has 3 atom stereocenters. The van der Waals surface area contributed by atoms with Crippen LogP contribution in [0.25, 0.3) is 0 Å². The number of para-hydroxylation sites is 1. The molecule has 6 nitrogen and oxygen atoms in total. The van der Waals surface area contributed by atoms with E-state index in [0.29, 0.717) is 5.90 Å². The van der Waals surface area contributed by atoms with Crippen molar-refractivity contribution in [3.8, 4) is 0 Å². The molecule has 2 aliphatic heterocycles. The molecule has 0 N–H and O–H groups in total. The minimum Gasteiger partial charge on any atom is -0.481 e. The Morgan fingerprint density at radius 3 is 2.41 bits per heavy atom. The number of carbonyl (C=O) groups is 1. The number of anilines is 1. The number of hydrogen-bond acceptors (Lipinski definition) is 6. The predicted octanol–water partition coefficient (Wildman–Crippen LogP) is 2.97.